The zero-order valence-corrected chi connectivity index (χ0v) is 12.0. The van der Waals surface area contributed by atoms with Gasteiger partial charge in [-0.05, 0) is 43.8 Å². The normalized spacial score (nSPS) is 17.8. The van der Waals surface area contributed by atoms with E-state index in [1.165, 1.54) is 12.0 Å². The van der Waals surface area contributed by atoms with Crippen molar-refractivity contribution in [3.05, 3.63) is 35.9 Å². The van der Waals surface area contributed by atoms with Crippen LogP contribution in [-0.2, 0) is 11.2 Å². The number of amides is 1. The lowest BCUT2D eigenvalue weighted by Gasteiger charge is -2.08. The third-order valence-corrected chi connectivity index (χ3v) is 3.52. The van der Waals surface area contributed by atoms with Crippen LogP contribution in [0.15, 0.2) is 30.3 Å². The van der Waals surface area contributed by atoms with Gasteiger partial charge in [-0.3, -0.25) is 4.79 Å². The lowest BCUT2D eigenvalue weighted by molar-refractivity contribution is -0.121. The molecule has 0 bridgehead atoms. The molecule has 0 saturated carbocycles. The summed E-state index contributed by atoms with van der Waals surface area (Å²) < 4.78 is 0. The molecule has 1 atom stereocenters. The fraction of sp³-hybridized carbons (Fsp3) is 0.533. The van der Waals surface area contributed by atoms with E-state index >= 15 is 0 Å². The predicted octanol–water partition coefficient (Wildman–Crippen LogP) is 2.16. The highest BCUT2D eigenvalue weighted by Crippen LogP contribution is 2.13. The van der Waals surface area contributed by atoms with Crippen LogP contribution in [0.5, 0.6) is 0 Å². The minimum absolute atomic E-state index is 0. The number of carbonyl (C=O) groups is 1. The van der Waals surface area contributed by atoms with E-state index in [-0.39, 0.29) is 18.3 Å². The van der Waals surface area contributed by atoms with Crippen molar-refractivity contribution in [2.24, 2.45) is 5.92 Å². The maximum atomic E-state index is 11.7. The molecular weight excluding hydrogens is 260 g/mol. The monoisotopic (exact) mass is 282 g/mol. The van der Waals surface area contributed by atoms with Gasteiger partial charge >= 0.3 is 0 Å². The minimum atomic E-state index is 0. The second kappa shape index (κ2) is 8.94. The molecular formula is C15H23ClN2O. The molecule has 1 fully saturated rings. The quantitative estimate of drug-likeness (QED) is 0.839. The highest BCUT2D eigenvalue weighted by atomic mass is 35.5. The van der Waals surface area contributed by atoms with E-state index in [0.29, 0.717) is 12.3 Å². The maximum Gasteiger partial charge on any atom is 0.220 e. The molecule has 1 heterocycles. The lowest BCUT2D eigenvalue weighted by atomic mass is 10.0. The first-order chi connectivity index (χ1) is 8.84. The van der Waals surface area contributed by atoms with Gasteiger partial charge in [0, 0.05) is 13.0 Å². The summed E-state index contributed by atoms with van der Waals surface area (Å²) in [5, 5.41) is 6.32. The summed E-state index contributed by atoms with van der Waals surface area (Å²) in [6.07, 6.45) is 3.82. The summed E-state index contributed by atoms with van der Waals surface area (Å²) >= 11 is 0. The number of carbonyl (C=O) groups excluding carboxylic acids is 1. The molecule has 3 nitrogen and oxygen atoms in total. The lowest BCUT2D eigenvalue weighted by Crippen LogP contribution is -2.26. The number of benzene rings is 1. The smallest absolute Gasteiger partial charge is 0.220 e. The van der Waals surface area contributed by atoms with Crippen LogP contribution in [0.25, 0.3) is 0 Å². The van der Waals surface area contributed by atoms with Crippen molar-refractivity contribution < 1.29 is 4.79 Å². The van der Waals surface area contributed by atoms with Crippen LogP contribution < -0.4 is 10.6 Å². The third-order valence-electron chi connectivity index (χ3n) is 3.52. The summed E-state index contributed by atoms with van der Waals surface area (Å²) in [6, 6.07) is 10.3. The molecule has 1 aliphatic heterocycles. The van der Waals surface area contributed by atoms with Gasteiger partial charge in [-0.2, -0.15) is 0 Å². The molecule has 1 saturated heterocycles. The van der Waals surface area contributed by atoms with Crippen LogP contribution in [0.1, 0.15) is 24.8 Å². The Morgan fingerprint density at radius 1 is 1.32 bits per heavy atom. The zero-order valence-electron chi connectivity index (χ0n) is 11.2. The molecule has 2 rings (SSSR count). The van der Waals surface area contributed by atoms with Gasteiger partial charge in [-0.1, -0.05) is 30.3 Å². The van der Waals surface area contributed by atoms with Gasteiger partial charge < -0.3 is 10.6 Å². The summed E-state index contributed by atoms with van der Waals surface area (Å²) in [5.74, 6) is 0.891. The van der Waals surface area contributed by atoms with Crippen molar-refractivity contribution in [2.45, 2.75) is 25.7 Å². The molecule has 1 aromatic carbocycles. The van der Waals surface area contributed by atoms with Crippen LogP contribution in [0, 0.1) is 5.92 Å². The topological polar surface area (TPSA) is 41.1 Å². The van der Waals surface area contributed by atoms with Crippen LogP contribution in [-0.4, -0.2) is 25.5 Å². The van der Waals surface area contributed by atoms with Crippen molar-refractivity contribution in [3.63, 3.8) is 0 Å². The summed E-state index contributed by atoms with van der Waals surface area (Å²) in [4.78, 5) is 11.7. The van der Waals surface area contributed by atoms with Crippen molar-refractivity contribution in [3.8, 4) is 0 Å². The van der Waals surface area contributed by atoms with Gasteiger partial charge in [0.2, 0.25) is 5.91 Å². The second-order valence-corrected chi connectivity index (χ2v) is 4.98. The first-order valence-corrected chi connectivity index (χ1v) is 6.86. The molecule has 1 amide bonds. The number of nitrogens with one attached hydrogen (secondary N) is 2. The van der Waals surface area contributed by atoms with Crippen LogP contribution in [0.3, 0.4) is 0 Å². The Morgan fingerprint density at radius 3 is 2.79 bits per heavy atom. The van der Waals surface area contributed by atoms with Crippen molar-refractivity contribution in [1.82, 2.24) is 10.6 Å². The molecule has 1 unspecified atom stereocenters. The van der Waals surface area contributed by atoms with Crippen molar-refractivity contribution >= 4 is 18.3 Å². The largest absolute Gasteiger partial charge is 0.356 e. The molecule has 0 radical (unpaired) electrons. The SMILES string of the molecule is Cl.O=C(CCC1CCNC1)NCCc1ccccc1. The van der Waals surface area contributed by atoms with E-state index in [0.717, 1.165) is 32.5 Å². The van der Waals surface area contributed by atoms with Gasteiger partial charge in [-0.25, -0.2) is 0 Å². The van der Waals surface area contributed by atoms with Crippen molar-refractivity contribution in [1.29, 1.82) is 0 Å². The van der Waals surface area contributed by atoms with E-state index < -0.39 is 0 Å². The van der Waals surface area contributed by atoms with Crippen molar-refractivity contribution in [2.75, 3.05) is 19.6 Å². The standard InChI is InChI=1S/C15H22N2O.ClH/c18-15(7-6-14-8-10-16-12-14)17-11-9-13-4-2-1-3-5-13;/h1-5,14,16H,6-12H2,(H,17,18);1H. The average Bonchev–Trinajstić information content (AvgIpc) is 2.91. The fourth-order valence-corrected chi connectivity index (χ4v) is 2.38. The summed E-state index contributed by atoms with van der Waals surface area (Å²) in [5.41, 5.74) is 1.28. The fourth-order valence-electron chi connectivity index (χ4n) is 2.38. The molecule has 4 heteroatoms. The summed E-state index contributed by atoms with van der Waals surface area (Å²) in [6.45, 7) is 2.93. The molecule has 19 heavy (non-hydrogen) atoms. The molecule has 0 aliphatic carbocycles. The maximum absolute atomic E-state index is 11.7. The molecule has 106 valence electrons. The van der Waals surface area contributed by atoms with Gasteiger partial charge in [0.15, 0.2) is 0 Å². The van der Waals surface area contributed by atoms with E-state index in [1.54, 1.807) is 0 Å². The van der Waals surface area contributed by atoms with E-state index in [9.17, 15) is 4.79 Å². The Hall–Kier alpha value is -1.06. The van der Waals surface area contributed by atoms with E-state index in [1.807, 2.05) is 18.2 Å². The highest BCUT2D eigenvalue weighted by molar-refractivity contribution is 5.85. The minimum Gasteiger partial charge on any atom is -0.356 e. The molecule has 1 aromatic rings. The highest BCUT2D eigenvalue weighted by Gasteiger charge is 2.15. The Labute approximate surface area is 121 Å². The molecule has 2 N–H and O–H groups in total. The number of rotatable bonds is 6. The molecule has 1 aliphatic rings. The van der Waals surface area contributed by atoms with Crippen LogP contribution >= 0.6 is 12.4 Å². The Bertz CT molecular complexity index is 364. The zero-order chi connectivity index (χ0) is 12.6. The molecule has 0 spiro atoms. The van der Waals surface area contributed by atoms with Gasteiger partial charge in [0.05, 0.1) is 0 Å². The van der Waals surface area contributed by atoms with Crippen LogP contribution in [0.4, 0.5) is 0 Å². The first-order valence-electron chi connectivity index (χ1n) is 6.86. The molecule has 0 aromatic heterocycles. The third kappa shape index (κ3) is 6.08. The number of halogens is 1. The number of hydrogen-bond donors (Lipinski definition) is 2. The second-order valence-electron chi connectivity index (χ2n) is 4.98. The van der Waals surface area contributed by atoms with E-state index in [2.05, 4.69) is 22.8 Å². The Morgan fingerprint density at radius 2 is 2.11 bits per heavy atom. The van der Waals surface area contributed by atoms with Gasteiger partial charge in [0.25, 0.3) is 0 Å². The summed E-state index contributed by atoms with van der Waals surface area (Å²) in [7, 11) is 0. The average molecular weight is 283 g/mol. The first kappa shape index (κ1) is 16.0. The Kier molecular flexibility index (Phi) is 7.53. The number of hydrogen-bond acceptors (Lipinski definition) is 2. The van der Waals surface area contributed by atoms with Gasteiger partial charge in [-0.15, -0.1) is 12.4 Å². The van der Waals surface area contributed by atoms with E-state index in [4.69, 9.17) is 0 Å². The van der Waals surface area contributed by atoms with Gasteiger partial charge in [0.1, 0.15) is 0 Å². The Balaban J connectivity index is 0.00000180. The predicted molar refractivity (Wildman–Crippen MR) is 80.6 cm³/mol. The van der Waals surface area contributed by atoms with Crippen LogP contribution in [0.2, 0.25) is 0 Å².